The number of esters is 1. The van der Waals surface area contributed by atoms with E-state index < -0.39 is 5.97 Å². The molecule has 0 aromatic heterocycles. The third-order valence-corrected chi connectivity index (χ3v) is 2.81. The van der Waals surface area contributed by atoms with Gasteiger partial charge in [-0.2, -0.15) is 5.26 Å². The number of rotatable bonds is 3. The molecule has 0 atom stereocenters. The van der Waals surface area contributed by atoms with E-state index in [4.69, 9.17) is 10.00 Å². The normalized spacial score (nSPS) is 11.4. The van der Waals surface area contributed by atoms with Crippen molar-refractivity contribution in [2.45, 2.75) is 20.0 Å². The molecule has 0 N–H and O–H groups in total. The third-order valence-electron chi connectivity index (χ3n) is 2.81. The number of nitriles is 1. The smallest absolute Gasteiger partial charge is 0.349 e. The number of carbonyl (C=O) groups is 1. The molecule has 0 saturated heterocycles. The summed E-state index contributed by atoms with van der Waals surface area (Å²) in [5.41, 5.74) is 0.843. The number of hydrogen-bond acceptors (Lipinski definition) is 3. The molecule has 2 aromatic rings. The monoisotopic (exact) mass is 265 g/mol. The van der Waals surface area contributed by atoms with Gasteiger partial charge in [0, 0.05) is 0 Å². The van der Waals surface area contributed by atoms with Crippen molar-refractivity contribution in [1.82, 2.24) is 0 Å². The van der Waals surface area contributed by atoms with Crippen LogP contribution in [0.25, 0.3) is 16.8 Å². The van der Waals surface area contributed by atoms with E-state index in [0.29, 0.717) is 0 Å². The Hall–Kier alpha value is -2.60. The van der Waals surface area contributed by atoms with E-state index in [0.717, 1.165) is 16.3 Å². The van der Waals surface area contributed by atoms with Crippen molar-refractivity contribution in [3.63, 3.8) is 0 Å². The highest BCUT2D eigenvalue weighted by Gasteiger charge is 2.12. The lowest BCUT2D eigenvalue weighted by Crippen LogP contribution is -2.12. The van der Waals surface area contributed by atoms with Gasteiger partial charge in [0.05, 0.1) is 6.10 Å². The predicted molar refractivity (Wildman–Crippen MR) is 78.8 cm³/mol. The molecule has 0 amide bonds. The van der Waals surface area contributed by atoms with Crippen LogP contribution in [0.1, 0.15) is 19.4 Å². The van der Waals surface area contributed by atoms with E-state index >= 15 is 0 Å². The van der Waals surface area contributed by atoms with Gasteiger partial charge in [-0.15, -0.1) is 0 Å². The second-order valence-corrected chi connectivity index (χ2v) is 4.69. The Morgan fingerprint density at radius 2 is 1.90 bits per heavy atom. The van der Waals surface area contributed by atoms with Gasteiger partial charge >= 0.3 is 5.97 Å². The summed E-state index contributed by atoms with van der Waals surface area (Å²) in [6, 6.07) is 15.5. The summed E-state index contributed by atoms with van der Waals surface area (Å²) in [5, 5.41) is 11.2. The molecule has 0 radical (unpaired) electrons. The van der Waals surface area contributed by atoms with Gasteiger partial charge in [-0.25, -0.2) is 4.79 Å². The molecule has 0 heterocycles. The molecular formula is C17H15NO2. The summed E-state index contributed by atoms with van der Waals surface area (Å²) in [7, 11) is 0. The molecule has 20 heavy (non-hydrogen) atoms. The molecule has 0 aliphatic carbocycles. The summed E-state index contributed by atoms with van der Waals surface area (Å²) in [5.74, 6) is -0.588. The van der Waals surface area contributed by atoms with Gasteiger partial charge in [0.1, 0.15) is 11.6 Å². The fourth-order valence-corrected chi connectivity index (χ4v) is 1.95. The number of fused-ring (bicyclic) bond motifs is 1. The Morgan fingerprint density at radius 1 is 1.20 bits per heavy atom. The number of hydrogen-bond donors (Lipinski definition) is 0. The van der Waals surface area contributed by atoms with Crippen LogP contribution < -0.4 is 0 Å². The molecular weight excluding hydrogens is 250 g/mol. The minimum absolute atomic E-state index is 0.00931. The number of benzene rings is 2. The van der Waals surface area contributed by atoms with E-state index in [2.05, 4.69) is 0 Å². The Kier molecular flexibility index (Phi) is 4.17. The van der Waals surface area contributed by atoms with Gasteiger partial charge in [0.15, 0.2) is 0 Å². The molecule has 100 valence electrons. The van der Waals surface area contributed by atoms with Crippen molar-refractivity contribution < 1.29 is 9.53 Å². The van der Waals surface area contributed by atoms with Crippen LogP contribution in [0.3, 0.4) is 0 Å². The molecule has 0 aliphatic rings. The Balaban J connectivity index is 2.45. The molecule has 0 bridgehead atoms. The van der Waals surface area contributed by atoms with Crippen LogP contribution in [-0.4, -0.2) is 12.1 Å². The van der Waals surface area contributed by atoms with Crippen LogP contribution in [0.2, 0.25) is 0 Å². The second-order valence-electron chi connectivity index (χ2n) is 4.69. The van der Waals surface area contributed by atoms with Crippen LogP contribution in [0.15, 0.2) is 48.0 Å². The maximum atomic E-state index is 11.8. The van der Waals surface area contributed by atoms with Crippen LogP contribution in [0.5, 0.6) is 0 Å². The highest BCUT2D eigenvalue weighted by atomic mass is 16.5. The Bertz CT molecular complexity index is 703. The standard InChI is InChI=1S/C17H15NO2/c1-12(2)20-17(19)15(11-18)10-14-8-5-7-13-6-3-4-9-16(13)14/h3-10,12H,1-2H3/b15-10+. The van der Waals surface area contributed by atoms with Gasteiger partial charge in [-0.3, -0.25) is 0 Å². The topological polar surface area (TPSA) is 50.1 Å². The Morgan fingerprint density at radius 3 is 2.60 bits per heavy atom. The van der Waals surface area contributed by atoms with E-state index in [1.807, 2.05) is 48.5 Å². The van der Waals surface area contributed by atoms with Crippen molar-refractivity contribution >= 4 is 22.8 Å². The average Bonchev–Trinajstić information content (AvgIpc) is 2.44. The average molecular weight is 265 g/mol. The van der Waals surface area contributed by atoms with Crippen molar-refractivity contribution in [3.05, 3.63) is 53.6 Å². The predicted octanol–water partition coefficient (Wildman–Crippen LogP) is 3.70. The lowest BCUT2D eigenvalue weighted by molar-refractivity contribution is -0.142. The zero-order valence-corrected chi connectivity index (χ0v) is 11.5. The SMILES string of the molecule is CC(C)OC(=O)/C(C#N)=C/c1cccc2ccccc12. The van der Waals surface area contributed by atoms with E-state index in [-0.39, 0.29) is 11.7 Å². The first-order chi connectivity index (χ1) is 9.61. The fraction of sp³-hybridized carbons (Fsp3) is 0.176. The summed E-state index contributed by atoms with van der Waals surface area (Å²) < 4.78 is 5.06. The molecule has 0 aliphatic heterocycles. The maximum absolute atomic E-state index is 11.8. The largest absolute Gasteiger partial charge is 0.459 e. The molecule has 3 heteroatoms. The first-order valence-corrected chi connectivity index (χ1v) is 6.42. The van der Waals surface area contributed by atoms with E-state index in [1.165, 1.54) is 0 Å². The first kappa shape index (κ1) is 13.8. The van der Waals surface area contributed by atoms with Crippen LogP contribution in [0.4, 0.5) is 0 Å². The molecule has 0 saturated carbocycles. The maximum Gasteiger partial charge on any atom is 0.349 e. The van der Waals surface area contributed by atoms with E-state index in [1.54, 1.807) is 19.9 Å². The lowest BCUT2D eigenvalue weighted by Gasteiger charge is -2.07. The van der Waals surface area contributed by atoms with Gasteiger partial charge in [-0.1, -0.05) is 42.5 Å². The molecule has 2 aromatic carbocycles. The van der Waals surface area contributed by atoms with Crippen molar-refractivity contribution in [2.24, 2.45) is 0 Å². The van der Waals surface area contributed by atoms with Crippen LogP contribution >= 0.6 is 0 Å². The van der Waals surface area contributed by atoms with Gasteiger partial charge < -0.3 is 4.74 Å². The van der Waals surface area contributed by atoms with Crippen LogP contribution in [0, 0.1) is 11.3 Å². The fourth-order valence-electron chi connectivity index (χ4n) is 1.95. The van der Waals surface area contributed by atoms with Gasteiger partial charge in [0.2, 0.25) is 0 Å². The summed E-state index contributed by atoms with van der Waals surface area (Å²) in [4.78, 5) is 11.8. The minimum Gasteiger partial charge on any atom is -0.459 e. The van der Waals surface area contributed by atoms with Crippen molar-refractivity contribution in [2.75, 3.05) is 0 Å². The number of nitrogens with zero attached hydrogens (tertiary/aromatic N) is 1. The second kappa shape index (κ2) is 6.03. The van der Waals surface area contributed by atoms with Crippen molar-refractivity contribution in [3.8, 4) is 6.07 Å². The van der Waals surface area contributed by atoms with Gasteiger partial charge in [0.25, 0.3) is 0 Å². The Labute approximate surface area is 118 Å². The van der Waals surface area contributed by atoms with Gasteiger partial charge in [-0.05, 0) is 36.3 Å². The third kappa shape index (κ3) is 3.04. The van der Waals surface area contributed by atoms with Crippen molar-refractivity contribution in [1.29, 1.82) is 5.26 Å². The zero-order chi connectivity index (χ0) is 14.5. The quantitative estimate of drug-likeness (QED) is 0.483. The zero-order valence-electron chi connectivity index (χ0n) is 11.5. The minimum atomic E-state index is -0.588. The highest BCUT2D eigenvalue weighted by molar-refractivity contribution is 6.01. The van der Waals surface area contributed by atoms with E-state index in [9.17, 15) is 4.79 Å². The molecule has 0 spiro atoms. The summed E-state index contributed by atoms with van der Waals surface area (Å²) in [6.07, 6.45) is 1.33. The number of ether oxygens (including phenoxy) is 1. The van der Waals surface area contributed by atoms with Crippen LogP contribution in [-0.2, 0) is 9.53 Å². The highest BCUT2D eigenvalue weighted by Crippen LogP contribution is 2.21. The summed E-state index contributed by atoms with van der Waals surface area (Å²) in [6.45, 7) is 3.51. The lowest BCUT2D eigenvalue weighted by atomic mass is 10.0. The first-order valence-electron chi connectivity index (χ1n) is 6.42. The molecule has 3 nitrogen and oxygen atoms in total. The number of carbonyl (C=O) groups excluding carboxylic acids is 1. The molecule has 0 fully saturated rings. The molecule has 2 rings (SSSR count). The molecule has 0 unspecified atom stereocenters. The summed E-state index contributed by atoms with van der Waals surface area (Å²) >= 11 is 0.